The number of halogens is 2. The van der Waals surface area contributed by atoms with Gasteiger partial charge >= 0.3 is 0 Å². The molecule has 0 aliphatic carbocycles. The molecule has 0 unspecified atom stereocenters. The SMILES string of the molecule is Cc1ccc(-c2nc3cc(Cl)cc(Cl)c3o2)cc1NC(=O)Cc1ccccc1. The van der Waals surface area contributed by atoms with E-state index >= 15 is 0 Å². The summed E-state index contributed by atoms with van der Waals surface area (Å²) in [5.74, 6) is 0.330. The van der Waals surface area contributed by atoms with E-state index in [1.54, 1.807) is 12.1 Å². The third-order valence-electron chi connectivity index (χ3n) is 4.38. The molecule has 4 rings (SSSR count). The fourth-order valence-electron chi connectivity index (χ4n) is 2.95. The fraction of sp³-hybridized carbons (Fsp3) is 0.0909. The zero-order valence-corrected chi connectivity index (χ0v) is 16.5. The predicted molar refractivity (Wildman–Crippen MR) is 113 cm³/mol. The maximum Gasteiger partial charge on any atom is 0.228 e. The maximum atomic E-state index is 12.4. The standard InChI is InChI=1S/C22H16Cl2N2O2/c1-13-7-8-15(22-26-19-12-16(23)11-17(24)21(19)28-22)10-18(13)25-20(27)9-14-5-3-2-4-6-14/h2-8,10-12H,9H2,1H3,(H,25,27). The van der Waals surface area contributed by atoms with E-state index in [0.29, 0.717) is 39.1 Å². The Morgan fingerprint density at radius 2 is 1.86 bits per heavy atom. The highest BCUT2D eigenvalue weighted by atomic mass is 35.5. The summed E-state index contributed by atoms with van der Waals surface area (Å²) in [6, 6.07) is 18.6. The molecule has 0 spiro atoms. The van der Waals surface area contributed by atoms with Crippen LogP contribution >= 0.6 is 23.2 Å². The van der Waals surface area contributed by atoms with Gasteiger partial charge in [0, 0.05) is 16.3 Å². The first kappa shape index (κ1) is 18.5. The molecule has 0 aliphatic heterocycles. The number of rotatable bonds is 4. The molecule has 0 aliphatic rings. The Balaban J connectivity index is 1.62. The summed E-state index contributed by atoms with van der Waals surface area (Å²) in [6.07, 6.45) is 0.307. The largest absolute Gasteiger partial charge is 0.435 e. The highest BCUT2D eigenvalue weighted by Crippen LogP contribution is 2.33. The monoisotopic (exact) mass is 410 g/mol. The van der Waals surface area contributed by atoms with Crippen LogP contribution < -0.4 is 5.32 Å². The minimum atomic E-state index is -0.0844. The molecule has 1 heterocycles. The molecule has 0 saturated carbocycles. The van der Waals surface area contributed by atoms with Crippen LogP contribution in [-0.2, 0) is 11.2 Å². The molecule has 0 atom stereocenters. The Morgan fingerprint density at radius 1 is 1.07 bits per heavy atom. The summed E-state index contributed by atoms with van der Waals surface area (Å²) in [6.45, 7) is 1.94. The first-order valence-corrected chi connectivity index (χ1v) is 9.45. The van der Waals surface area contributed by atoms with Crippen molar-refractivity contribution >= 4 is 45.9 Å². The second kappa shape index (κ2) is 7.66. The average molecular weight is 411 g/mol. The molecule has 3 aromatic carbocycles. The van der Waals surface area contributed by atoms with Crippen molar-refractivity contribution in [3.05, 3.63) is 81.8 Å². The minimum absolute atomic E-state index is 0.0844. The van der Waals surface area contributed by atoms with Crippen molar-refractivity contribution in [2.45, 2.75) is 13.3 Å². The highest BCUT2D eigenvalue weighted by Gasteiger charge is 2.14. The van der Waals surface area contributed by atoms with Gasteiger partial charge in [0.25, 0.3) is 0 Å². The van der Waals surface area contributed by atoms with Gasteiger partial charge in [-0.3, -0.25) is 4.79 Å². The van der Waals surface area contributed by atoms with Gasteiger partial charge in [0.2, 0.25) is 11.8 Å². The quantitative estimate of drug-likeness (QED) is 0.429. The molecular weight excluding hydrogens is 395 g/mol. The van der Waals surface area contributed by atoms with Crippen LogP contribution in [0.1, 0.15) is 11.1 Å². The lowest BCUT2D eigenvalue weighted by molar-refractivity contribution is -0.115. The minimum Gasteiger partial charge on any atom is -0.435 e. The zero-order valence-electron chi connectivity index (χ0n) is 15.0. The van der Waals surface area contributed by atoms with Gasteiger partial charge in [0.05, 0.1) is 11.4 Å². The van der Waals surface area contributed by atoms with E-state index in [1.165, 1.54) is 0 Å². The first-order chi connectivity index (χ1) is 13.5. The number of carbonyl (C=O) groups is 1. The van der Waals surface area contributed by atoms with Crippen LogP contribution in [0.5, 0.6) is 0 Å². The van der Waals surface area contributed by atoms with Crippen molar-refractivity contribution in [1.82, 2.24) is 4.98 Å². The van der Waals surface area contributed by atoms with E-state index in [4.69, 9.17) is 27.6 Å². The molecule has 28 heavy (non-hydrogen) atoms. The average Bonchev–Trinajstić information content (AvgIpc) is 3.08. The number of hydrogen-bond acceptors (Lipinski definition) is 3. The lowest BCUT2D eigenvalue weighted by Gasteiger charge is -2.10. The number of benzene rings is 3. The number of hydrogen-bond donors (Lipinski definition) is 1. The zero-order chi connectivity index (χ0) is 19.7. The summed E-state index contributed by atoms with van der Waals surface area (Å²) in [7, 11) is 0. The van der Waals surface area contributed by atoms with Crippen LogP contribution in [-0.4, -0.2) is 10.9 Å². The molecule has 1 N–H and O–H groups in total. The smallest absolute Gasteiger partial charge is 0.228 e. The number of oxazole rings is 1. The fourth-order valence-corrected chi connectivity index (χ4v) is 3.47. The van der Waals surface area contributed by atoms with Crippen molar-refractivity contribution in [3.8, 4) is 11.5 Å². The number of fused-ring (bicyclic) bond motifs is 1. The van der Waals surface area contributed by atoms with Crippen LogP contribution in [0.4, 0.5) is 5.69 Å². The van der Waals surface area contributed by atoms with Crippen LogP contribution in [0, 0.1) is 6.92 Å². The highest BCUT2D eigenvalue weighted by molar-refractivity contribution is 6.38. The summed E-state index contributed by atoms with van der Waals surface area (Å²) in [5.41, 5.74) is 4.43. The van der Waals surface area contributed by atoms with Crippen molar-refractivity contribution in [1.29, 1.82) is 0 Å². The number of aryl methyl sites for hydroxylation is 1. The Labute approximate surface area is 172 Å². The van der Waals surface area contributed by atoms with Crippen molar-refractivity contribution in [3.63, 3.8) is 0 Å². The third-order valence-corrected chi connectivity index (χ3v) is 4.87. The second-order valence-electron chi connectivity index (χ2n) is 6.50. The molecule has 1 amide bonds. The molecule has 4 aromatic rings. The van der Waals surface area contributed by atoms with Gasteiger partial charge in [-0.2, -0.15) is 0 Å². The van der Waals surface area contributed by atoms with Crippen LogP contribution in [0.3, 0.4) is 0 Å². The topological polar surface area (TPSA) is 55.1 Å². The predicted octanol–water partition coefficient (Wildman–Crippen LogP) is 6.29. The Hall–Kier alpha value is -2.82. The molecule has 4 nitrogen and oxygen atoms in total. The Kier molecular flexibility index (Phi) is 5.07. The molecule has 0 bridgehead atoms. The number of amides is 1. The van der Waals surface area contributed by atoms with Gasteiger partial charge in [-0.1, -0.05) is 59.6 Å². The van der Waals surface area contributed by atoms with E-state index < -0.39 is 0 Å². The number of nitrogens with zero attached hydrogens (tertiary/aromatic N) is 1. The number of aromatic nitrogens is 1. The van der Waals surface area contributed by atoms with Gasteiger partial charge in [-0.05, 0) is 42.3 Å². The molecule has 140 valence electrons. The summed E-state index contributed by atoms with van der Waals surface area (Å²) in [4.78, 5) is 16.9. The lowest BCUT2D eigenvalue weighted by Crippen LogP contribution is -2.15. The molecule has 0 radical (unpaired) electrons. The Morgan fingerprint density at radius 3 is 2.64 bits per heavy atom. The van der Waals surface area contributed by atoms with Crippen LogP contribution in [0.2, 0.25) is 10.0 Å². The summed E-state index contributed by atoms with van der Waals surface area (Å²) >= 11 is 12.2. The van der Waals surface area contributed by atoms with Crippen molar-refractivity contribution < 1.29 is 9.21 Å². The maximum absolute atomic E-state index is 12.4. The first-order valence-electron chi connectivity index (χ1n) is 8.70. The molecule has 6 heteroatoms. The third kappa shape index (κ3) is 3.88. The van der Waals surface area contributed by atoms with E-state index in [-0.39, 0.29) is 5.91 Å². The van der Waals surface area contributed by atoms with E-state index in [0.717, 1.165) is 16.7 Å². The van der Waals surface area contributed by atoms with E-state index in [1.807, 2.05) is 55.5 Å². The molecular formula is C22H16Cl2N2O2. The van der Waals surface area contributed by atoms with E-state index in [2.05, 4.69) is 10.3 Å². The van der Waals surface area contributed by atoms with Crippen molar-refractivity contribution in [2.24, 2.45) is 0 Å². The lowest BCUT2D eigenvalue weighted by atomic mass is 10.1. The summed E-state index contributed by atoms with van der Waals surface area (Å²) < 4.78 is 5.82. The van der Waals surface area contributed by atoms with Gasteiger partial charge in [0.15, 0.2) is 5.58 Å². The van der Waals surface area contributed by atoms with Gasteiger partial charge < -0.3 is 9.73 Å². The van der Waals surface area contributed by atoms with Gasteiger partial charge in [-0.25, -0.2) is 4.98 Å². The molecule has 0 saturated heterocycles. The number of anilines is 1. The molecule has 1 aromatic heterocycles. The van der Waals surface area contributed by atoms with Crippen molar-refractivity contribution in [2.75, 3.05) is 5.32 Å². The Bertz CT molecular complexity index is 1170. The number of nitrogens with one attached hydrogen (secondary N) is 1. The van der Waals surface area contributed by atoms with Gasteiger partial charge in [-0.15, -0.1) is 0 Å². The normalized spacial score (nSPS) is 11.0. The molecule has 0 fully saturated rings. The van der Waals surface area contributed by atoms with E-state index in [9.17, 15) is 4.79 Å². The number of carbonyl (C=O) groups excluding carboxylic acids is 1. The van der Waals surface area contributed by atoms with Crippen LogP contribution in [0.25, 0.3) is 22.6 Å². The summed E-state index contributed by atoms with van der Waals surface area (Å²) in [5, 5.41) is 3.87. The second-order valence-corrected chi connectivity index (χ2v) is 7.34. The van der Waals surface area contributed by atoms with Gasteiger partial charge in [0.1, 0.15) is 5.52 Å². The van der Waals surface area contributed by atoms with Crippen LogP contribution in [0.15, 0.2) is 65.1 Å².